The predicted octanol–water partition coefficient (Wildman–Crippen LogP) is 25.9. The number of aryl methyl sites for hydroxylation is 1. The van der Waals surface area contributed by atoms with Crippen LogP contribution in [0.5, 0.6) is 34.5 Å². The SMILES string of the molecule is CCC(C)c1ccc(O)cc1.CCC(C)c1ccc(Oc2c(F)c(F)c(S(=O)(=O)[O-])c(F)c2F)cc1.CCC(C)c1ccc(Oc2ccc(S(=O)(=O)[O-])cc2)cc1.CCC(Oc1ccc(C(C)CC)cc1)OC(C)C.Cc1cccc([S+](c2ccccc2)c2ccccc2)c1.c1ccc([S+](c2ccccc2)c2ccccc2)cc1. The number of rotatable bonds is 25. The molecular formula is C95H102F4O11S4. The quantitative estimate of drug-likeness (QED) is 0.0190. The van der Waals surface area contributed by atoms with Gasteiger partial charge in [0.15, 0.2) is 47.3 Å². The lowest BCUT2D eigenvalue weighted by Gasteiger charge is -2.20. The third-order valence-electron chi connectivity index (χ3n) is 18.4. The van der Waals surface area contributed by atoms with Gasteiger partial charge in [0.1, 0.15) is 53.9 Å². The molecule has 114 heavy (non-hydrogen) atoms. The number of benzene rings is 12. The maximum atomic E-state index is 13.9. The van der Waals surface area contributed by atoms with Gasteiger partial charge in [0.25, 0.3) is 0 Å². The Morgan fingerprint density at radius 2 is 0.649 bits per heavy atom. The summed E-state index contributed by atoms with van der Waals surface area (Å²) in [6.07, 6.45) is 5.12. The maximum absolute atomic E-state index is 13.9. The van der Waals surface area contributed by atoms with E-state index in [0.717, 1.165) is 43.4 Å². The summed E-state index contributed by atoms with van der Waals surface area (Å²) in [5, 5.41) is 9.01. The summed E-state index contributed by atoms with van der Waals surface area (Å²) in [5.74, 6) is -6.19. The van der Waals surface area contributed by atoms with Crippen LogP contribution in [0, 0.1) is 30.2 Å². The van der Waals surface area contributed by atoms with Gasteiger partial charge in [-0.05, 0) is 244 Å². The third-order valence-corrected chi connectivity index (χ3v) is 24.6. The van der Waals surface area contributed by atoms with Crippen molar-refractivity contribution >= 4 is 42.0 Å². The summed E-state index contributed by atoms with van der Waals surface area (Å²) in [6.45, 7) is 25.3. The molecule has 1 N–H and O–H groups in total. The maximum Gasteiger partial charge on any atom is 0.205 e. The van der Waals surface area contributed by atoms with E-state index in [2.05, 4.69) is 243 Å². The Bertz CT molecular complexity index is 4880. The molecule has 0 saturated carbocycles. The van der Waals surface area contributed by atoms with Crippen molar-refractivity contribution in [3.63, 3.8) is 0 Å². The van der Waals surface area contributed by atoms with Gasteiger partial charge in [0.05, 0.1) is 32.8 Å². The average molecular weight is 1620 g/mol. The molecule has 0 amide bonds. The number of phenols is 1. The van der Waals surface area contributed by atoms with Crippen LogP contribution in [0.15, 0.2) is 336 Å². The summed E-state index contributed by atoms with van der Waals surface area (Å²) in [7, 11) is -10.2. The molecule has 0 aliphatic carbocycles. The van der Waals surface area contributed by atoms with Crippen molar-refractivity contribution in [1.29, 1.82) is 0 Å². The lowest BCUT2D eigenvalue weighted by atomic mass is 9.99. The Labute approximate surface area is 678 Å². The second-order valence-electron chi connectivity index (χ2n) is 27.2. The molecule has 0 aliphatic heterocycles. The van der Waals surface area contributed by atoms with Crippen LogP contribution in [0.25, 0.3) is 0 Å². The minimum Gasteiger partial charge on any atom is -0.744 e. The largest absolute Gasteiger partial charge is 0.744 e. The Morgan fingerprint density at radius 3 is 0.947 bits per heavy atom. The van der Waals surface area contributed by atoms with E-state index in [1.54, 1.807) is 24.3 Å². The molecule has 0 fully saturated rings. The van der Waals surface area contributed by atoms with Crippen molar-refractivity contribution in [3.05, 3.63) is 348 Å². The summed E-state index contributed by atoms with van der Waals surface area (Å²) >= 11 is 0. The van der Waals surface area contributed by atoms with Crippen LogP contribution in [0.4, 0.5) is 17.6 Å². The molecule has 11 nitrogen and oxygen atoms in total. The van der Waals surface area contributed by atoms with E-state index in [-0.39, 0.29) is 50.7 Å². The van der Waals surface area contributed by atoms with Gasteiger partial charge < -0.3 is 33.2 Å². The fraction of sp³-hybridized carbons (Fsp3) is 0.242. The normalized spacial score (nSPS) is 12.4. The summed E-state index contributed by atoms with van der Waals surface area (Å²) in [4.78, 5) is 5.71. The van der Waals surface area contributed by atoms with Crippen LogP contribution in [0.2, 0.25) is 0 Å². The second kappa shape index (κ2) is 45.8. The van der Waals surface area contributed by atoms with Gasteiger partial charge in [-0.1, -0.05) is 214 Å². The highest BCUT2D eigenvalue weighted by molar-refractivity contribution is 7.97. The highest BCUT2D eigenvalue weighted by Crippen LogP contribution is 2.38. The van der Waals surface area contributed by atoms with Crippen LogP contribution in [0.3, 0.4) is 0 Å². The van der Waals surface area contributed by atoms with Crippen LogP contribution < -0.4 is 14.2 Å². The van der Waals surface area contributed by atoms with Gasteiger partial charge in [0, 0.05) is 6.42 Å². The molecule has 5 atom stereocenters. The zero-order valence-electron chi connectivity index (χ0n) is 66.5. The van der Waals surface area contributed by atoms with Crippen molar-refractivity contribution in [1.82, 2.24) is 0 Å². The number of ether oxygens (including phenoxy) is 4. The highest BCUT2D eigenvalue weighted by atomic mass is 32.2. The molecule has 0 aromatic heterocycles. The van der Waals surface area contributed by atoms with Crippen LogP contribution >= 0.6 is 0 Å². The monoisotopic (exact) mass is 1620 g/mol. The average Bonchev–Trinajstić information content (AvgIpc) is 0.759. The van der Waals surface area contributed by atoms with Gasteiger partial charge in [-0.2, -0.15) is 8.78 Å². The first-order valence-corrected chi connectivity index (χ1v) is 43.3. The Kier molecular flexibility index (Phi) is 36.7. The lowest BCUT2D eigenvalue weighted by molar-refractivity contribution is -0.109. The van der Waals surface area contributed by atoms with Crippen molar-refractivity contribution in [2.24, 2.45) is 0 Å². The second-order valence-corrected chi connectivity index (χ2v) is 33.9. The summed E-state index contributed by atoms with van der Waals surface area (Å²) in [6, 6.07) is 97.4. The van der Waals surface area contributed by atoms with Gasteiger partial charge in [0.2, 0.25) is 17.4 Å². The minimum absolute atomic E-state index is 0.0146. The Hall–Kier alpha value is -9.96. The number of phenolic OH excluding ortho intramolecular Hbond substituents is 1. The van der Waals surface area contributed by atoms with Gasteiger partial charge in [-0.25, -0.2) is 25.6 Å². The van der Waals surface area contributed by atoms with Crippen molar-refractivity contribution in [2.45, 2.75) is 190 Å². The molecule has 0 bridgehead atoms. The van der Waals surface area contributed by atoms with E-state index in [9.17, 15) is 43.5 Å². The summed E-state index contributed by atoms with van der Waals surface area (Å²) < 4.78 is 142. The summed E-state index contributed by atoms with van der Waals surface area (Å²) in [5.41, 5.74) is 6.14. The first-order chi connectivity index (χ1) is 54.6. The topological polar surface area (TPSA) is 172 Å². The van der Waals surface area contributed by atoms with Gasteiger partial charge >= 0.3 is 0 Å². The van der Waals surface area contributed by atoms with Gasteiger partial charge in [-0.3, -0.25) is 0 Å². The molecule has 19 heteroatoms. The predicted molar refractivity (Wildman–Crippen MR) is 450 cm³/mol. The standard InChI is InChI=1S/C19H17S.C18H15S.C16H14F4O4S.C16H18O4S.C16H26O2.C10H14O/c1-16-9-8-14-19(15-16)20(17-10-4-2-5-11-17)18-12-6-3-7-13-18;1-4-10-16(11-5-1)19(17-12-6-2-7-13-17)18-14-8-3-9-15-18;1-3-8(2)9-4-6-10(7-5-9)24-15-11(17)13(19)16(25(21,22)23)14(20)12(15)18;1-3-12(2)13-4-6-14(7-5-13)20-15-8-10-16(11-9-15)21(17,18)19;1-6-13(5)14-8-10-15(11-9-14)18-16(7-2)17-12(3)4;1-3-8(2)9-4-6-10(11)7-5-9/h2-15H,1H3;1-15H;4-8H,3H2,1-2H3,(H,21,22,23);4-12H,3H2,1-2H3,(H,17,18,19);8-13,16H,6-7H2,1-5H3;4-8,11H,3H2,1-2H3/q2*+1;;;;/p-2. The van der Waals surface area contributed by atoms with Crippen LogP contribution in [0.1, 0.15) is 160 Å². The molecule has 12 aromatic rings. The smallest absolute Gasteiger partial charge is 0.205 e. The number of aromatic hydroxyl groups is 1. The van der Waals surface area contributed by atoms with Crippen molar-refractivity contribution in [2.75, 3.05) is 0 Å². The molecule has 0 aliphatic rings. The van der Waals surface area contributed by atoms with E-state index >= 15 is 0 Å². The van der Waals surface area contributed by atoms with E-state index < -0.39 is 54.2 Å². The number of hydrogen-bond acceptors (Lipinski definition) is 11. The zero-order chi connectivity index (χ0) is 82.9. The number of hydrogen-bond donors (Lipinski definition) is 1. The molecule has 0 heterocycles. The first kappa shape index (κ1) is 91.2. The van der Waals surface area contributed by atoms with E-state index in [4.69, 9.17) is 24.1 Å². The zero-order valence-corrected chi connectivity index (χ0v) is 69.7. The molecule has 5 unspecified atom stereocenters. The van der Waals surface area contributed by atoms with E-state index in [0.29, 0.717) is 35.0 Å². The third kappa shape index (κ3) is 28.2. The van der Waals surface area contributed by atoms with Crippen molar-refractivity contribution < 1.29 is 67.6 Å². The molecule has 0 radical (unpaired) electrons. The molecule has 12 aromatic carbocycles. The fourth-order valence-electron chi connectivity index (χ4n) is 11.2. The molecule has 0 saturated heterocycles. The van der Waals surface area contributed by atoms with E-state index in [1.807, 2.05) is 76.2 Å². The highest BCUT2D eigenvalue weighted by Gasteiger charge is 2.32. The molecular weight excluding hydrogens is 1520 g/mol. The first-order valence-electron chi connectivity index (χ1n) is 38.0. The fourth-order valence-corrected chi connectivity index (χ4v) is 16.6. The molecule has 600 valence electrons. The van der Waals surface area contributed by atoms with E-state index in [1.165, 1.54) is 88.0 Å². The van der Waals surface area contributed by atoms with Crippen LogP contribution in [-0.2, 0) is 46.8 Å². The number of halogens is 4. The lowest BCUT2D eigenvalue weighted by Crippen LogP contribution is -2.23. The Morgan fingerprint density at radius 1 is 0.351 bits per heavy atom. The van der Waals surface area contributed by atoms with Crippen LogP contribution in [-0.4, -0.2) is 43.4 Å². The van der Waals surface area contributed by atoms with Crippen molar-refractivity contribution in [3.8, 4) is 34.5 Å². The molecule has 0 spiro atoms. The van der Waals surface area contributed by atoms with Gasteiger partial charge in [-0.15, -0.1) is 0 Å². The minimum atomic E-state index is -5.75. The Balaban J connectivity index is 0.000000192. The molecule has 12 rings (SSSR count).